The lowest BCUT2D eigenvalue weighted by Gasteiger charge is -2.06. The van der Waals surface area contributed by atoms with Crippen molar-refractivity contribution in [3.63, 3.8) is 0 Å². The normalized spacial score (nSPS) is 11.1. The molecular weight excluding hydrogens is 460 g/mol. The Hall–Kier alpha value is -3.16. The highest BCUT2D eigenvalue weighted by molar-refractivity contribution is 9.10. The highest BCUT2D eigenvalue weighted by Gasteiger charge is 2.08. The van der Waals surface area contributed by atoms with Crippen LogP contribution in [-0.4, -0.2) is 18.1 Å². The van der Waals surface area contributed by atoms with Gasteiger partial charge in [-0.2, -0.15) is 5.10 Å². The summed E-state index contributed by atoms with van der Waals surface area (Å²) < 4.78 is 11.2. The minimum absolute atomic E-state index is 0.284. The van der Waals surface area contributed by atoms with Gasteiger partial charge in [-0.05, 0) is 60.7 Å². The number of hydrazone groups is 1. The van der Waals surface area contributed by atoms with Crippen LogP contribution >= 0.6 is 27.5 Å². The summed E-state index contributed by atoms with van der Waals surface area (Å²) in [6.07, 6.45) is 5.65. The van der Waals surface area contributed by atoms with E-state index >= 15 is 0 Å². The van der Waals surface area contributed by atoms with E-state index < -0.39 is 11.9 Å². The highest BCUT2D eigenvalue weighted by atomic mass is 79.9. The first-order valence-electron chi connectivity index (χ1n) is 8.33. The molecule has 0 unspecified atom stereocenters. The maximum Gasteiger partial charge on any atom is 0.336 e. The first-order valence-corrected chi connectivity index (χ1v) is 9.50. The summed E-state index contributed by atoms with van der Waals surface area (Å²) in [5.41, 5.74) is 3.32. The Morgan fingerprint density at radius 1 is 1.14 bits per heavy atom. The Morgan fingerprint density at radius 3 is 2.66 bits per heavy atom. The van der Waals surface area contributed by atoms with Gasteiger partial charge in [0.15, 0.2) is 0 Å². The standard InChI is InChI=1S/C21H14BrClN2O4/c22-16-5-9-19(29-20(26)10-8-18-2-1-11-28-18)15(12-16)13-24-25-21(27)14-3-6-17(23)7-4-14/h1-13H,(H,25,27). The first kappa shape index (κ1) is 20.6. The number of hydrogen-bond donors (Lipinski definition) is 1. The number of nitrogens with one attached hydrogen (secondary N) is 1. The van der Waals surface area contributed by atoms with E-state index in [0.717, 1.165) is 4.47 Å². The predicted octanol–water partition coefficient (Wildman–Crippen LogP) is 5.08. The van der Waals surface area contributed by atoms with Crippen LogP contribution in [0.1, 0.15) is 21.7 Å². The molecular formula is C21H14BrClN2O4. The zero-order valence-electron chi connectivity index (χ0n) is 14.8. The van der Waals surface area contributed by atoms with E-state index in [1.54, 1.807) is 54.6 Å². The Morgan fingerprint density at radius 2 is 1.93 bits per heavy atom. The molecule has 1 amide bonds. The number of carbonyl (C=O) groups is 2. The van der Waals surface area contributed by atoms with Crippen LogP contribution in [0.2, 0.25) is 5.02 Å². The van der Waals surface area contributed by atoms with Crippen LogP contribution in [0.15, 0.2) is 80.9 Å². The fraction of sp³-hybridized carbons (Fsp3) is 0. The van der Waals surface area contributed by atoms with Crippen LogP contribution in [0, 0.1) is 0 Å². The summed E-state index contributed by atoms with van der Waals surface area (Å²) in [5.74, 6) is -0.160. The largest absolute Gasteiger partial charge is 0.465 e. The summed E-state index contributed by atoms with van der Waals surface area (Å²) in [5, 5.41) is 4.47. The number of halogens is 2. The van der Waals surface area contributed by atoms with Crippen LogP contribution in [0.5, 0.6) is 5.75 Å². The number of benzene rings is 2. The molecule has 0 aliphatic rings. The average Bonchev–Trinajstić information content (AvgIpc) is 3.22. The SMILES string of the molecule is O=C(C=Cc1ccco1)Oc1ccc(Br)cc1C=NNC(=O)c1ccc(Cl)cc1. The molecule has 0 fully saturated rings. The van der Waals surface area contributed by atoms with E-state index in [4.69, 9.17) is 20.8 Å². The van der Waals surface area contributed by atoms with E-state index in [-0.39, 0.29) is 5.75 Å². The summed E-state index contributed by atoms with van der Waals surface area (Å²) in [4.78, 5) is 24.1. The van der Waals surface area contributed by atoms with Gasteiger partial charge < -0.3 is 9.15 Å². The zero-order chi connectivity index (χ0) is 20.6. The maximum atomic E-state index is 12.1. The second kappa shape index (κ2) is 9.86. The molecule has 1 heterocycles. The van der Waals surface area contributed by atoms with Gasteiger partial charge in [-0.1, -0.05) is 27.5 Å². The lowest BCUT2D eigenvalue weighted by atomic mass is 10.2. The van der Waals surface area contributed by atoms with Crippen LogP contribution in [0.25, 0.3) is 6.08 Å². The van der Waals surface area contributed by atoms with Gasteiger partial charge in [-0.25, -0.2) is 10.2 Å². The van der Waals surface area contributed by atoms with Crippen molar-refractivity contribution < 1.29 is 18.7 Å². The number of esters is 1. The van der Waals surface area contributed by atoms with Gasteiger partial charge in [0.05, 0.1) is 12.5 Å². The molecule has 6 nitrogen and oxygen atoms in total. The summed E-state index contributed by atoms with van der Waals surface area (Å²) in [7, 11) is 0. The van der Waals surface area contributed by atoms with Gasteiger partial charge >= 0.3 is 5.97 Å². The quantitative estimate of drug-likeness (QED) is 0.178. The molecule has 0 atom stereocenters. The van der Waals surface area contributed by atoms with Gasteiger partial charge in [0, 0.05) is 26.7 Å². The molecule has 0 radical (unpaired) electrons. The Kier molecular flexibility index (Phi) is 6.99. The van der Waals surface area contributed by atoms with Crippen molar-refractivity contribution in [2.75, 3.05) is 0 Å². The molecule has 1 aromatic heterocycles. The third-order valence-electron chi connectivity index (χ3n) is 3.59. The molecule has 8 heteroatoms. The maximum absolute atomic E-state index is 12.1. The first-order chi connectivity index (χ1) is 14.0. The molecule has 1 N–H and O–H groups in total. The number of amides is 1. The van der Waals surface area contributed by atoms with Crippen molar-refractivity contribution in [1.82, 2.24) is 5.43 Å². The Labute approximate surface area is 179 Å². The Balaban J connectivity index is 1.67. The van der Waals surface area contributed by atoms with Crippen LogP contribution < -0.4 is 10.2 Å². The highest BCUT2D eigenvalue weighted by Crippen LogP contribution is 2.22. The van der Waals surface area contributed by atoms with E-state index in [2.05, 4.69) is 26.5 Å². The fourth-order valence-electron chi connectivity index (χ4n) is 2.22. The van der Waals surface area contributed by atoms with E-state index in [1.807, 2.05) is 0 Å². The molecule has 0 aliphatic carbocycles. The van der Waals surface area contributed by atoms with Crippen molar-refractivity contribution in [2.24, 2.45) is 5.10 Å². The van der Waals surface area contributed by atoms with Crippen molar-refractivity contribution in [1.29, 1.82) is 0 Å². The lowest BCUT2D eigenvalue weighted by molar-refractivity contribution is -0.128. The predicted molar refractivity (Wildman–Crippen MR) is 114 cm³/mol. The fourth-order valence-corrected chi connectivity index (χ4v) is 2.72. The summed E-state index contributed by atoms with van der Waals surface area (Å²) >= 11 is 9.16. The molecule has 146 valence electrons. The molecule has 3 rings (SSSR count). The smallest absolute Gasteiger partial charge is 0.336 e. The molecule has 3 aromatic rings. The third-order valence-corrected chi connectivity index (χ3v) is 4.33. The van der Waals surface area contributed by atoms with Crippen LogP contribution in [0.4, 0.5) is 0 Å². The van der Waals surface area contributed by atoms with Gasteiger partial charge in [-0.15, -0.1) is 0 Å². The zero-order valence-corrected chi connectivity index (χ0v) is 17.2. The van der Waals surface area contributed by atoms with Crippen LogP contribution in [0.3, 0.4) is 0 Å². The molecule has 0 aliphatic heterocycles. The third kappa shape index (κ3) is 6.17. The topological polar surface area (TPSA) is 80.9 Å². The number of carbonyl (C=O) groups excluding carboxylic acids is 2. The molecule has 0 saturated heterocycles. The number of hydrogen-bond acceptors (Lipinski definition) is 5. The Bertz CT molecular complexity index is 1060. The van der Waals surface area contributed by atoms with Crippen molar-refractivity contribution in [3.8, 4) is 5.75 Å². The molecule has 2 aromatic carbocycles. The summed E-state index contributed by atoms with van der Waals surface area (Å²) in [6.45, 7) is 0. The second-order valence-corrected chi connectivity index (χ2v) is 7.01. The molecule has 29 heavy (non-hydrogen) atoms. The minimum Gasteiger partial charge on any atom is -0.465 e. The van der Waals surface area contributed by atoms with Gasteiger partial charge in [0.1, 0.15) is 11.5 Å². The van der Waals surface area contributed by atoms with Crippen molar-refractivity contribution >= 4 is 51.7 Å². The molecule has 0 saturated carbocycles. The second-order valence-electron chi connectivity index (χ2n) is 5.66. The van der Waals surface area contributed by atoms with Crippen LogP contribution in [-0.2, 0) is 4.79 Å². The summed E-state index contributed by atoms with van der Waals surface area (Å²) in [6, 6.07) is 14.9. The number of rotatable bonds is 6. The lowest BCUT2D eigenvalue weighted by Crippen LogP contribution is -2.17. The number of nitrogens with zero attached hydrogens (tertiary/aromatic N) is 1. The van der Waals surface area contributed by atoms with Crippen molar-refractivity contribution in [2.45, 2.75) is 0 Å². The van der Waals surface area contributed by atoms with Crippen molar-refractivity contribution in [3.05, 3.63) is 93.3 Å². The van der Waals surface area contributed by atoms with Gasteiger partial charge in [-0.3, -0.25) is 4.79 Å². The van der Waals surface area contributed by atoms with E-state index in [1.165, 1.54) is 24.6 Å². The number of furan rings is 1. The molecule has 0 bridgehead atoms. The average molecular weight is 474 g/mol. The minimum atomic E-state index is -0.580. The van der Waals surface area contributed by atoms with Gasteiger partial charge in [0.2, 0.25) is 0 Å². The number of ether oxygens (including phenoxy) is 1. The van der Waals surface area contributed by atoms with E-state index in [9.17, 15) is 9.59 Å². The monoisotopic (exact) mass is 472 g/mol. The molecule has 0 spiro atoms. The van der Waals surface area contributed by atoms with E-state index in [0.29, 0.717) is 21.9 Å². The van der Waals surface area contributed by atoms with Gasteiger partial charge in [0.25, 0.3) is 5.91 Å².